The Balaban J connectivity index is 2.27. The number of rotatable bonds is 1. The molecule has 0 bridgehead atoms. The first-order chi connectivity index (χ1) is 7.29. The van der Waals surface area contributed by atoms with Crippen LogP contribution in [0.1, 0.15) is 6.42 Å². The van der Waals surface area contributed by atoms with Crippen molar-refractivity contribution in [3.8, 4) is 0 Å². The van der Waals surface area contributed by atoms with Gasteiger partial charge >= 0.3 is 0 Å². The van der Waals surface area contributed by atoms with E-state index < -0.39 is 0 Å². The van der Waals surface area contributed by atoms with Crippen LogP contribution in [0.2, 0.25) is 0 Å². The van der Waals surface area contributed by atoms with E-state index in [0.717, 1.165) is 38.4 Å². The SMILES string of the molecule is O=c1[nH]cnc(N2CCCNCC2)c1I. The maximum absolute atomic E-state index is 11.4. The number of hydrogen-bond donors (Lipinski definition) is 2. The van der Waals surface area contributed by atoms with Gasteiger partial charge in [0.05, 0.1) is 6.33 Å². The van der Waals surface area contributed by atoms with Crippen LogP contribution in [0.15, 0.2) is 11.1 Å². The Bertz CT molecular complexity index is 384. The molecule has 1 aliphatic rings. The van der Waals surface area contributed by atoms with Gasteiger partial charge in [-0.1, -0.05) is 0 Å². The molecule has 0 amide bonds. The zero-order valence-corrected chi connectivity index (χ0v) is 10.5. The number of H-pyrrole nitrogens is 1. The minimum Gasteiger partial charge on any atom is -0.354 e. The van der Waals surface area contributed by atoms with Crippen molar-refractivity contribution in [2.75, 3.05) is 31.1 Å². The number of hydrogen-bond acceptors (Lipinski definition) is 4. The summed E-state index contributed by atoms with van der Waals surface area (Å²) < 4.78 is 0.678. The fourth-order valence-corrected chi connectivity index (χ4v) is 2.29. The minimum atomic E-state index is -0.0576. The Morgan fingerprint density at radius 1 is 1.40 bits per heavy atom. The van der Waals surface area contributed by atoms with E-state index in [1.54, 1.807) is 0 Å². The average molecular weight is 320 g/mol. The molecule has 1 aromatic heterocycles. The highest BCUT2D eigenvalue weighted by atomic mass is 127. The van der Waals surface area contributed by atoms with E-state index in [-0.39, 0.29) is 5.56 Å². The number of nitrogens with zero attached hydrogens (tertiary/aromatic N) is 2. The van der Waals surface area contributed by atoms with Crippen LogP contribution in [0.5, 0.6) is 0 Å². The predicted octanol–water partition coefficient (Wildman–Crippen LogP) is 0.174. The molecule has 2 rings (SSSR count). The summed E-state index contributed by atoms with van der Waals surface area (Å²) in [7, 11) is 0. The van der Waals surface area contributed by atoms with Gasteiger partial charge in [-0.15, -0.1) is 0 Å². The molecule has 1 aliphatic heterocycles. The van der Waals surface area contributed by atoms with Crippen LogP contribution in [0.4, 0.5) is 5.82 Å². The van der Waals surface area contributed by atoms with Crippen LogP contribution in [-0.4, -0.2) is 36.1 Å². The summed E-state index contributed by atoms with van der Waals surface area (Å²) in [5.74, 6) is 0.808. The highest BCUT2D eigenvalue weighted by molar-refractivity contribution is 14.1. The Hall–Kier alpha value is -0.630. The molecule has 0 unspecified atom stereocenters. The second-order valence-corrected chi connectivity index (χ2v) is 4.54. The first-order valence-corrected chi connectivity index (χ1v) is 6.06. The van der Waals surface area contributed by atoms with E-state index >= 15 is 0 Å². The quantitative estimate of drug-likeness (QED) is 0.725. The zero-order valence-electron chi connectivity index (χ0n) is 8.29. The van der Waals surface area contributed by atoms with Gasteiger partial charge in [0.1, 0.15) is 9.39 Å². The van der Waals surface area contributed by atoms with Crippen molar-refractivity contribution in [3.05, 3.63) is 20.3 Å². The lowest BCUT2D eigenvalue weighted by atomic mass is 10.4. The molecule has 1 saturated heterocycles. The summed E-state index contributed by atoms with van der Waals surface area (Å²) in [4.78, 5) is 20.4. The van der Waals surface area contributed by atoms with Crippen LogP contribution < -0.4 is 15.8 Å². The maximum Gasteiger partial charge on any atom is 0.266 e. The Morgan fingerprint density at radius 3 is 3.13 bits per heavy atom. The van der Waals surface area contributed by atoms with Gasteiger partial charge in [-0.2, -0.15) is 0 Å². The van der Waals surface area contributed by atoms with Gasteiger partial charge in [0.15, 0.2) is 0 Å². The summed E-state index contributed by atoms with van der Waals surface area (Å²) in [6.07, 6.45) is 2.56. The highest BCUT2D eigenvalue weighted by Gasteiger charge is 2.14. The van der Waals surface area contributed by atoms with Crippen LogP contribution in [0, 0.1) is 3.57 Å². The summed E-state index contributed by atoms with van der Waals surface area (Å²) >= 11 is 2.05. The van der Waals surface area contributed by atoms with E-state index in [9.17, 15) is 4.79 Å². The van der Waals surface area contributed by atoms with Crippen molar-refractivity contribution in [3.63, 3.8) is 0 Å². The lowest BCUT2D eigenvalue weighted by Gasteiger charge is -2.21. The van der Waals surface area contributed by atoms with Gasteiger partial charge in [-0.25, -0.2) is 4.98 Å². The Labute approximate surface area is 101 Å². The van der Waals surface area contributed by atoms with Crippen molar-refractivity contribution in [2.45, 2.75) is 6.42 Å². The maximum atomic E-state index is 11.4. The predicted molar refractivity (Wildman–Crippen MR) is 67.3 cm³/mol. The van der Waals surface area contributed by atoms with Gasteiger partial charge in [0.25, 0.3) is 5.56 Å². The summed E-state index contributed by atoms with van der Waals surface area (Å²) in [5, 5.41) is 3.32. The molecule has 5 nitrogen and oxygen atoms in total. The van der Waals surface area contributed by atoms with Crippen molar-refractivity contribution < 1.29 is 0 Å². The normalized spacial score (nSPS) is 17.5. The monoisotopic (exact) mass is 320 g/mol. The number of anilines is 1. The van der Waals surface area contributed by atoms with Gasteiger partial charge in [0.2, 0.25) is 0 Å². The molecule has 2 heterocycles. The van der Waals surface area contributed by atoms with Crippen LogP contribution >= 0.6 is 22.6 Å². The number of aromatic amines is 1. The fraction of sp³-hybridized carbons (Fsp3) is 0.556. The van der Waals surface area contributed by atoms with E-state index in [0.29, 0.717) is 3.57 Å². The van der Waals surface area contributed by atoms with E-state index in [4.69, 9.17) is 0 Å². The molecule has 82 valence electrons. The molecular weight excluding hydrogens is 307 g/mol. The topological polar surface area (TPSA) is 61.0 Å². The number of aromatic nitrogens is 2. The number of nitrogens with one attached hydrogen (secondary N) is 2. The van der Waals surface area contributed by atoms with E-state index in [1.807, 2.05) is 0 Å². The molecular formula is C9H13IN4O. The van der Waals surface area contributed by atoms with Crippen molar-refractivity contribution in [2.24, 2.45) is 0 Å². The van der Waals surface area contributed by atoms with Crippen LogP contribution in [0.25, 0.3) is 0 Å². The molecule has 6 heteroatoms. The van der Waals surface area contributed by atoms with Gasteiger partial charge in [-0.3, -0.25) is 4.79 Å². The summed E-state index contributed by atoms with van der Waals surface area (Å²) in [6, 6.07) is 0. The third-order valence-corrected chi connectivity index (χ3v) is 3.39. The minimum absolute atomic E-state index is 0.0576. The molecule has 1 aromatic rings. The molecule has 0 atom stereocenters. The Kier molecular flexibility index (Phi) is 3.57. The second kappa shape index (κ2) is 4.93. The molecule has 0 radical (unpaired) electrons. The van der Waals surface area contributed by atoms with Gasteiger partial charge < -0.3 is 15.2 Å². The molecule has 2 N–H and O–H groups in total. The van der Waals surface area contributed by atoms with Crippen LogP contribution in [0.3, 0.4) is 0 Å². The second-order valence-electron chi connectivity index (χ2n) is 3.46. The van der Waals surface area contributed by atoms with Crippen LogP contribution in [-0.2, 0) is 0 Å². The zero-order chi connectivity index (χ0) is 10.7. The van der Waals surface area contributed by atoms with Gasteiger partial charge in [0, 0.05) is 19.6 Å². The fourth-order valence-electron chi connectivity index (χ4n) is 1.65. The summed E-state index contributed by atoms with van der Waals surface area (Å²) in [6.45, 7) is 3.85. The van der Waals surface area contributed by atoms with Gasteiger partial charge in [-0.05, 0) is 35.6 Å². The third-order valence-electron chi connectivity index (χ3n) is 2.42. The highest BCUT2D eigenvalue weighted by Crippen LogP contribution is 2.15. The lowest BCUT2D eigenvalue weighted by molar-refractivity contribution is 0.724. The molecule has 0 spiro atoms. The third kappa shape index (κ3) is 2.49. The van der Waals surface area contributed by atoms with Crippen molar-refractivity contribution >= 4 is 28.4 Å². The number of halogens is 1. The first-order valence-electron chi connectivity index (χ1n) is 4.98. The van der Waals surface area contributed by atoms with E-state index in [1.165, 1.54) is 6.33 Å². The molecule has 0 aliphatic carbocycles. The lowest BCUT2D eigenvalue weighted by Crippen LogP contribution is -2.31. The largest absolute Gasteiger partial charge is 0.354 e. The smallest absolute Gasteiger partial charge is 0.266 e. The summed E-state index contributed by atoms with van der Waals surface area (Å²) in [5.41, 5.74) is -0.0576. The Morgan fingerprint density at radius 2 is 2.27 bits per heavy atom. The standard InChI is InChI=1S/C9H13IN4O/c10-7-8(12-6-13-9(7)15)14-4-1-2-11-3-5-14/h6,11H,1-5H2,(H,12,13,15). The van der Waals surface area contributed by atoms with E-state index in [2.05, 4.69) is 42.8 Å². The molecule has 1 fully saturated rings. The molecule has 0 saturated carbocycles. The molecule has 0 aromatic carbocycles. The van der Waals surface area contributed by atoms with Crippen molar-refractivity contribution in [1.29, 1.82) is 0 Å². The average Bonchev–Trinajstić information content (AvgIpc) is 2.50. The molecule has 15 heavy (non-hydrogen) atoms. The van der Waals surface area contributed by atoms with Crippen molar-refractivity contribution in [1.82, 2.24) is 15.3 Å². The first kappa shape index (κ1) is 10.9.